The van der Waals surface area contributed by atoms with E-state index in [4.69, 9.17) is 9.47 Å². The summed E-state index contributed by atoms with van der Waals surface area (Å²) >= 11 is 0. The summed E-state index contributed by atoms with van der Waals surface area (Å²) in [5.41, 5.74) is 0.862. The Hall–Kier alpha value is -2.05. The standard InChI is InChI=1S/C18H23NO4S/c1-14(2)17-13-16(9-10-18(17)22-3)24(20,21)19-11-12-23-15-7-5-4-6-8-15/h4-10,13-14,19H,11-12H2,1-3H3. The molecule has 5 nitrogen and oxygen atoms in total. The zero-order chi connectivity index (χ0) is 17.6. The third-order valence-corrected chi connectivity index (χ3v) is 5.00. The number of nitrogens with one attached hydrogen (secondary N) is 1. The highest BCUT2D eigenvalue weighted by atomic mass is 32.2. The van der Waals surface area contributed by atoms with Gasteiger partial charge in [0.1, 0.15) is 18.1 Å². The average Bonchev–Trinajstić information content (AvgIpc) is 2.59. The lowest BCUT2D eigenvalue weighted by Gasteiger charge is -2.14. The summed E-state index contributed by atoms with van der Waals surface area (Å²) in [6.45, 7) is 4.45. The maximum Gasteiger partial charge on any atom is 0.240 e. The van der Waals surface area contributed by atoms with Crippen LogP contribution in [0.1, 0.15) is 25.3 Å². The van der Waals surface area contributed by atoms with E-state index >= 15 is 0 Å². The monoisotopic (exact) mass is 349 g/mol. The number of ether oxygens (including phenoxy) is 2. The summed E-state index contributed by atoms with van der Waals surface area (Å²) in [7, 11) is -2.00. The molecular formula is C18H23NO4S. The van der Waals surface area contributed by atoms with Gasteiger partial charge in [-0.05, 0) is 41.8 Å². The lowest BCUT2D eigenvalue weighted by atomic mass is 10.0. The highest BCUT2D eigenvalue weighted by molar-refractivity contribution is 7.89. The molecule has 0 amide bonds. The zero-order valence-electron chi connectivity index (χ0n) is 14.2. The Labute approximate surface area is 143 Å². The van der Waals surface area contributed by atoms with Crippen LogP contribution in [0.5, 0.6) is 11.5 Å². The van der Waals surface area contributed by atoms with Gasteiger partial charge in [-0.15, -0.1) is 0 Å². The van der Waals surface area contributed by atoms with Crippen molar-refractivity contribution in [2.45, 2.75) is 24.7 Å². The summed E-state index contributed by atoms with van der Waals surface area (Å²) in [5.74, 6) is 1.57. The molecule has 0 aliphatic heterocycles. The number of sulfonamides is 1. The smallest absolute Gasteiger partial charge is 0.240 e. The van der Waals surface area contributed by atoms with E-state index < -0.39 is 10.0 Å². The average molecular weight is 349 g/mol. The van der Waals surface area contributed by atoms with Gasteiger partial charge in [0, 0.05) is 6.54 Å². The van der Waals surface area contributed by atoms with Gasteiger partial charge < -0.3 is 9.47 Å². The minimum absolute atomic E-state index is 0.163. The number of hydrogen-bond acceptors (Lipinski definition) is 4. The Kier molecular flexibility index (Phi) is 6.23. The van der Waals surface area contributed by atoms with Gasteiger partial charge in [0.15, 0.2) is 0 Å². The first-order valence-electron chi connectivity index (χ1n) is 7.79. The van der Waals surface area contributed by atoms with E-state index in [0.29, 0.717) is 11.5 Å². The molecule has 0 bridgehead atoms. The lowest BCUT2D eigenvalue weighted by molar-refractivity contribution is 0.323. The molecule has 0 heterocycles. The molecule has 2 aromatic carbocycles. The fourth-order valence-corrected chi connectivity index (χ4v) is 3.32. The van der Waals surface area contributed by atoms with Gasteiger partial charge in [-0.25, -0.2) is 13.1 Å². The zero-order valence-corrected chi connectivity index (χ0v) is 15.0. The van der Waals surface area contributed by atoms with Crippen LogP contribution >= 0.6 is 0 Å². The van der Waals surface area contributed by atoms with E-state index in [9.17, 15) is 8.42 Å². The highest BCUT2D eigenvalue weighted by Crippen LogP contribution is 2.28. The predicted octanol–water partition coefficient (Wildman–Crippen LogP) is 3.18. The predicted molar refractivity (Wildman–Crippen MR) is 94.2 cm³/mol. The number of benzene rings is 2. The molecular weight excluding hydrogens is 326 g/mol. The molecule has 0 saturated heterocycles. The van der Waals surface area contributed by atoms with Crippen LogP contribution in [0.2, 0.25) is 0 Å². The number of rotatable bonds is 8. The van der Waals surface area contributed by atoms with E-state index in [1.165, 1.54) is 0 Å². The molecule has 130 valence electrons. The Bertz CT molecular complexity index is 758. The van der Waals surface area contributed by atoms with Crippen molar-refractivity contribution < 1.29 is 17.9 Å². The van der Waals surface area contributed by atoms with Gasteiger partial charge in [-0.3, -0.25) is 0 Å². The lowest BCUT2D eigenvalue weighted by Crippen LogP contribution is -2.28. The molecule has 0 aromatic heterocycles. The summed E-state index contributed by atoms with van der Waals surface area (Å²) in [5, 5.41) is 0. The number of hydrogen-bond donors (Lipinski definition) is 1. The third kappa shape index (κ3) is 4.72. The van der Waals surface area contributed by atoms with Crippen molar-refractivity contribution in [3.8, 4) is 11.5 Å². The van der Waals surface area contributed by atoms with Crippen LogP contribution in [-0.2, 0) is 10.0 Å². The normalized spacial score (nSPS) is 11.5. The second-order valence-electron chi connectivity index (χ2n) is 5.62. The molecule has 0 aliphatic rings. The quantitative estimate of drug-likeness (QED) is 0.744. The molecule has 1 N–H and O–H groups in total. The van der Waals surface area contributed by atoms with E-state index in [0.717, 1.165) is 5.56 Å². The van der Waals surface area contributed by atoms with Crippen LogP contribution in [-0.4, -0.2) is 28.7 Å². The van der Waals surface area contributed by atoms with E-state index in [1.807, 2.05) is 44.2 Å². The van der Waals surface area contributed by atoms with Crippen LogP contribution in [0.25, 0.3) is 0 Å². The minimum Gasteiger partial charge on any atom is -0.496 e. The largest absolute Gasteiger partial charge is 0.496 e. The summed E-state index contributed by atoms with van der Waals surface area (Å²) in [4.78, 5) is 0.228. The summed E-state index contributed by atoms with van der Waals surface area (Å²) < 4.78 is 38.2. The van der Waals surface area contributed by atoms with Crippen LogP contribution in [0.4, 0.5) is 0 Å². The molecule has 2 aromatic rings. The van der Waals surface area contributed by atoms with E-state index in [1.54, 1.807) is 25.3 Å². The Balaban J connectivity index is 2.01. The minimum atomic E-state index is -3.58. The van der Waals surface area contributed by atoms with Crippen LogP contribution in [0.3, 0.4) is 0 Å². The Morgan fingerprint density at radius 3 is 2.42 bits per heavy atom. The first-order chi connectivity index (χ1) is 11.4. The molecule has 2 rings (SSSR count). The molecule has 24 heavy (non-hydrogen) atoms. The molecule has 0 radical (unpaired) electrons. The van der Waals surface area contributed by atoms with Crippen molar-refractivity contribution in [2.24, 2.45) is 0 Å². The van der Waals surface area contributed by atoms with E-state index in [2.05, 4.69) is 4.72 Å². The van der Waals surface area contributed by atoms with Crippen molar-refractivity contribution >= 4 is 10.0 Å². The molecule has 0 saturated carbocycles. The second-order valence-corrected chi connectivity index (χ2v) is 7.38. The maximum atomic E-state index is 12.4. The van der Waals surface area contributed by atoms with Crippen molar-refractivity contribution in [1.82, 2.24) is 4.72 Å². The third-order valence-electron chi connectivity index (χ3n) is 3.54. The van der Waals surface area contributed by atoms with Crippen molar-refractivity contribution in [2.75, 3.05) is 20.3 Å². The molecule has 0 unspecified atom stereocenters. The maximum absolute atomic E-state index is 12.4. The topological polar surface area (TPSA) is 64.6 Å². The summed E-state index contributed by atoms with van der Waals surface area (Å²) in [6, 6.07) is 14.2. The molecule has 6 heteroatoms. The van der Waals surface area contributed by atoms with Gasteiger partial charge in [0.05, 0.1) is 12.0 Å². The first-order valence-corrected chi connectivity index (χ1v) is 9.28. The Morgan fingerprint density at radius 2 is 1.79 bits per heavy atom. The van der Waals surface area contributed by atoms with Crippen LogP contribution in [0.15, 0.2) is 53.4 Å². The fourth-order valence-electron chi connectivity index (χ4n) is 2.28. The van der Waals surface area contributed by atoms with Crippen LogP contribution < -0.4 is 14.2 Å². The first kappa shape index (κ1) is 18.3. The van der Waals surface area contributed by atoms with Gasteiger partial charge in [-0.1, -0.05) is 32.0 Å². The molecule has 0 fully saturated rings. The molecule has 0 spiro atoms. The summed E-state index contributed by atoms with van der Waals surface area (Å²) in [6.07, 6.45) is 0. The van der Waals surface area contributed by atoms with Gasteiger partial charge in [0.2, 0.25) is 10.0 Å². The van der Waals surface area contributed by atoms with Crippen LogP contribution in [0, 0.1) is 0 Å². The van der Waals surface area contributed by atoms with Crippen molar-refractivity contribution in [3.63, 3.8) is 0 Å². The van der Waals surface area contributed by atoms with Gasteiger partial charge in [0.25, 0.3) is 0 Å². The van der Waals surface area contributed by atoms with Crippen molar-refractivity contribution in [3.05, 3.63) is 54.1 Å². The van der Waals surface area contributed by atoms with Gasteiger partial charge >= 0.3 is 0 Å². The highest BCUT2D eigenvalue weighted by Gasteiger charge is 2.17. The van der Waals surface area contributed by atoms with Gasteiger partial charge in [-0.2, -0.15) is 0 Å². The van der Waals surface area contributed by atoms with Crippen molar-refractivity contribution in [1.29, 1.82) is 0 Å². The molecule has 0 atom stereocenters. The SMILES string of the molecule is COc1ccc(S(=O)(=O)NCCOc2ccccc2)cc1C(C)C. The Morgan fingerprint density at radius 1 is 1.08 bits per heavy atom. The van der Waals surface area contributed by atoms with E-state index in [-0.39, 0.29) is 24.0 Å². The fraction of sp³-hybridized carbons (Fsp3) is 0.333. The second kappa shape index (κ2) is 8.17. The number of methoxy groups -OCH3 is 1. The molecule has 0 aliphatic carbocycles. The number of para-hydroxylation sites is 1.